The molecule has 0 atom stereocenters. The molecular formula is C7H4N. The van der Waals surface area contributed by atoms with Crippen molar-refractivity contribution in [1.29, 1.82) is 0 Å². The van der Waals surface area contributed by atoms with Crippen LogP contribution in [-0.4, -0.2) is 4.98 Å². The molecule has 1 heterocycles. The van der Waals surface area contributed by atoms with Gasteiger partial charge in [-0.05, 0) is 6.07 Å². The topological polar surface area (TPSA) is 12.9 Å². The monoisotopic (exact) mass is 102 g/mol. The van der Waals surface area contributed by atoms with E-state index in [1.54, 1.807) is 18.5 Å². The van der Waals surface area contributed by atoms with Crippen LogP contribution in [0, 0.1) is 18.4 Å². The van der Waals surface area contributed by atoms with E-state index in [9.17, 15) is 0 Å². The van der Waals surface area contributed by atoms with Crippen LogP contribution in [0.25, 0.3) is 0 Å². The SMILES string of the molecule is C#Cc1[c]cncc1. The van der Waals surface area contributed by atoms with Crippen molar-refractivity contribution in [3.05, 3.63) is 30.1 Å². The molecule has 1 rings (SSSR count). The van der Waals surface area contributed by atoms with Crippen LogP contribution in [0.3, 0.4) is 0 Å². The average Bonchev–Trinajstić information content (AvgIpc) is 1.90. The van der Waals surface area contributed by atoms with Crippen LogP contribution in [0.1, 0.15) is 5.56 Å². The number of nitrogens with zero attached hydrogens (tertiary/aromatic N) is 1. The Morgan fingerprint density at radius 1 is 1.75 bits per heavy atom. The molecule has 8 heavy (non-hydrogen) atoms. The molecule has 0 fully saturated rings. The summed E-state index contributed by atoms with van der Waals surface area (Å²) in [4.78, 5) is 3.74. The van der Waals surface area contributed by atoms with Crippen molar-refractivity contribution >= 4 is 0 Å². The Balaban J connectivity index is 3.05. The highest BCUT2D eigenvalue weighted by molar-refractivity contribution is 5.27. The number of terminal acetylenes is 1. The van der Waals surface area contributed by atoms with Crippen LogP contribution in [0.5, 0.6) is 0 Å². The quantitative estimate of drug-likeness (QED) is 0.443. The lowest BCUT2D eigenvalue weighted by Gasteiger charge is -1.81. The first-order chi connectivity index (χ1) is 3.93. The summed E-state index contributed by atoms with van der Waals surface area (Å²) in [6, 6.07) is 4.51. The van der Waals surface area contributed by atoms with Crippen LogP contribution in [0.2, 0.25) is 0 Å². The van der Waals surface area contributed by atoms with E-state index in [-0.39, 0.29) is 0 Å². The standard InChI is InChI=1S/C7H4N/c1-2-7-3-5-8-6-4-7/h1,3,5-6H. The van der Waals surface area contributed by atoms with E-state index < -0.39 is 0 Å². The first-order valence-electron chi connectivity index (χ1n) is 2.22. The van der Waals surface area contributed by atoms with Gasteiger partial charge in [-0.25, -0.2) is 0 Å². The summed E-state index contributed by atoms with van der Waals surface area (Å²) in [5.41, 5.74) is 0.750. The van der Waals surface area contributed by atoms with Crippen LogP contribution in [-0.2, 0) is 0 Å². The Morgan fingerprint density at radius 3 is 3.00 bits per heavy atom. The molecular weight excluding hydrogens is 98.1 g/mol. The van der Waals surface area contributed by atoms with Crippen molar-refractivity contribution in [2.24, 2.45) is 0 Å². The molecule has 1 radical (unpaired) electrons. The first kappa shape index (κ1) is 4.86. The van der Waals surface area contributed by atoms with Gasteiger partial charge in [-0.2, -0.15) is 0 Å². The Hall–Kier alpha value is -1.29. The van der Waals surface area contributed by atoms with Gasteiger partial charge < -0.3 is 0 Å². The van der Waals surface area contributed by atoms with Gasteiger partial charge in [0.25, 0.3) is 0 Å². The maximum absolute atomic E-state index is 5.04. The zero-order valence-corrected chi connectivity index (χ0v) is 4.26. The molecule has 0 N–H and O–H groups in total. The minimum atomic E-state index is 0.750. The average molecular weight is 102 g/mol. The van der Waals surface area contributed by atoms with E-state index >= 15 is 0 Å². The smallest absolute Gasteiger partial charge is 0.0359 e. The minimum Gasteiger partial charge on any atom is -0.264 e. The van der Waals surface area contributed by atoms with Crippen molar-refractivity contribution < 1.29 is 0 Å². The summed E-state index contributed by atoms with van der Waals surface area (Å²) >= 11 is 0. The second-order valence-electron chi connectivity index (χ2n) is 1.30. The molecule has 0 saturated carbocycles. The molecule has 0 unspecified atom stereocenters. The predicted molar refractivity (Wildman–Crippen MR) is 31.0 cm³/mol. The van der Waals surface area contributed by atoms with Crippen LogP contribution < -0.4 is 0 Å². The highest BCUT2D eigenvalue weighted by Crippen LogP contribution is 1.88. The second kappa shape index (κ2) is 2.13. The summed E-state index contributed by atoms with van der Waals surface area (Å²) in [5, 5.41) is 0. The molecule has 1 aromatic heterocycles. The van der Waals surface area contributed by atoms with Crippen LogP contribution >= 0.6 is 0 Å². The van der Waals surface area contributed by atoms with Crippen molar-refractivity contribution in [3.8, 4) is 12.3 Å². The molecule has 0 amide bonds. The molecule has 0 aromatic carbocycles. The van der Waals surface area contributed by atoms with Crippen molar-refractivity contribution in [1.82, 2.24) is 4.98 Å². The third-order valence-electron chi connectivity index (χ3n) is 0.777. The second-order valence-corrected chi connectivity index (χ2v) is 1.30. The zero-order chi connectivity index (χ0) is 5.82. The van der Waals surface area contributed by atoms with Crippen molar-refractivity contribution in [2.45, 2.75) is 0 Å². The van der Waals surface area contributed by atoms with Crippen LogP contribution in [0.4, 0.5) is 0 Å². The Morgan fingerprint density at radius 2 is 2.62 bits per heavy atom. The summed E-state index contributed by atoms with van der Waals surface area (Å²) in [5.74, 6) is 2.43. The number of hydrogen-bond acceptors (Lipinski definition) is 1. The molecule has 0 aliphatic rings. The summed E-state index contributed by atoms with van der Waals surface area (Å²) in [7, 11) is 0. The summed E-state index contributed by atoms with van der Waals surface area (Å²) in [6.45, 7) is 0. The van der Waals surface area contributed by atoms with Gasteiger partial charge in [-0.1, -0.05) is 5.92 Å². The van der Waals surface area contributed by atoms with Gasteiger partial charge in [0.15, 0.2) is 0 Å². The van der Waals surface area contributed by atoms with E-state index in [4.69, 9.17) is 6.42 Å². The summed E-state index contributed by atoms with van der Waals surface area (Å²) < 4.78 is 0. The van der Waals surface area contributed by atoms with E-state index in [2.05, 4.69) is 17.0 Å². The molecule has 0 aliphatic heterocycles. The third kappa shape index (κ3) is 0.855. The molecule has 0 spiro atoms. The van der Waals surface area contributed by atoms with E-state index in [0.29, 0.717) is 0 Å². The lowest BCUT2D eigenvalue weighted by molar-refractivity contribution is 1.31. The molecule has 0 bridgehead atoms. The number of pyridine rings is 1. The Labute approximate surface area is 48.4 Å². The molecule has 1 heteroatoms. The molecule has 1 aromatic rings. The van der Waals surface area contributed by atoms with Gasteiger partial charge in [0, 0.05) is 24.0 Å². The zero-order valence-electron chi connectivity index (χ0n) is 4.26. The van der Waals surface area contributed by atoms with Gasteiger partial charge in [0.1, 0.15) is 0 Å². The number of rotatable bonds is 0. The van der Waals surface area contributed by atoms with Gasteiger partial charge in [0.2, 0.25) is 0 Å². The molecule has 1 nitrogen and oxygen atoms in total. The first-order valence-corrected chi connectivity index (χ1v) is 2.22. The lowest BCUT2D eigenvalue weighted by atomic mass is 10.3. The largest absolute Gasteiger partial charge is 0.264 e. The van der Waals surface area contributed by atoms with Gasteiger partial charge in [-0.15, -0.1) is 6.42 Å². The fourth-order valence-corrected chi connectivity index (χ4v) is 0.405. The van der Waals surface area contributed by atoms with E-state index in [1.807, 2.05) is 0 Å². The van der Waals surface area contributed by atoms with Crippen LogP contribution in [0.15, 0.2) is 18.5 Å². The number of aromatic nitrogens is 1. The number of hydrogen-bond donors (Lipinski definition) is 0. The van der Waals surface area contributed by atoms with Crippen molar-refractivity contribution in [2.75, 3.05) is 0 Å². The molecule has 0 aliphatic carbocycles. The Bertz CT molecular complexity index is 195. The highest BCUT2D eigenvalue weighted by Gasteiger charge is 1.78. The minimum absolute atomic E-state index is 0.750. The lowest BCUT2D eigenvalue weighted by Crippen LogP contribution is -1.72. The van der Waals surface area contributed by atoms with Crippen molar-refractivity contribution in [3.63, 3.8) is 0 Å². The van der Waals surface area contributed by atoms with E-state index in [0.717, 1.165) is 5.56 Å². The normalized spacial score (nSPS) is 7.88. The van der Waals surface area contributed by atoms with Gasteiger partial charge >= 0.3 is 0 Å². The predicted octanol–water partition coefficient (Wildman–Crippen LogP) is 0.863. The fraction of sp³-hybridized carbons (Fsp3) is 0. The Kier molecular flexibility index (Phi) is 1.29. The molecule has 37 valence electrons. The fourth-order valence-electron chi connectivity index (χ4n) is 0.405. The third-order valence-corrected chi connectivity index (χ3v) is 0.777. The van der Waals surface area contributed by atoms with Gasteiger partial charge in [0.05, 0.1) is 0 Å². The maximum Gasteiger partial charge on any atom is 0.0359 e. The highest BCUT2D eigenvalue weighted by atomic mass is 14.6. The molecule has 0 saturated heterocycles. The maximum atomic E-state index is 5.04. The summed E-state index contributed by atoms with van der Waals surface area (Å²) in [6.07, 6.45) is 8.24. The van der Waals surface area contributed by atoms with E-state index in [1.165, 1.54) is 0 Å². The van der Waals surface area contributed by atoms with Gasteiger partial charge in [-0.3, -0.25) is 4.98 Å².